The van der Waals surface area contributed by atoms with Crippen molar-refractivity contribution in [3.63, 3.8) is 0 Å². The fourth-order valence-electron chi connectivity index (χ4n) is 6.15. The minimum Gasteiger partial charge on any atom is -0.328 e. The van der Waals surface area contributed by atoms with Gasteiger partial charge >= 0.3 is 6.20 Å². The molecule has 1 fully saturated rings. The molecule has 0 radical (unpaired) electrons. The Balaban J connectivity index is 1.97. The van der Waals surface area contributed by atoms with Gasteiger partial charge in [0, 0.05) is 12.5 Å². The van der Waals surface area contributed by atoms with Crippen LogP contribution in [0.3, 0.4) is 0 Å². The van der Waals surface area contributed by atoms with Crippen molar-refractivity contribution >= 4 is 0 Å². The maximum absolute atomic E-state index is 6.52. The van der Waals surface area contributed by atoms with Crippen LogP contribution in [0, 0.1) is 41.6 Å². The highest BCUT2D eigenvalue weighted by Gasteiger charge is 2.45. The van der Waals surface area contributed by atoms with Crippen molar-refractivity contribution in [1.82, 2.24) is 5.32 Å². The van der Waals surface area contributed by atoms with Gasteiger partial charge in [-0.1, -0.05) is 74.3 Å². The maximum atomic E-state index is 6.52. The number of rotatable bonds is 11. The second kappa shape index (κ2) is 16.3. The molecule has 0 aromatic carbocycles. The lowest BCUT2D eigenvalue weighted by Gasteiger charge is -2.49. The predicted molar refractivity (Wildman–Crippen MR) is 161 cm³/mol. The van der Waals surface area contributed by atoms with Gasteiger partial charge in [-0.25, -0.2) is 0 Å². The van der Waals surface area contributed by atoms with E-state index < -0.39 is 0 Å². The van der Waals surface area contributed by atoms with E-state index in [1.807, 2.05) is 6.08 Å². The number of nitrogens with one attached hydrogen (secondary N) is 1. The molecule has 3 heteroatoms. The zero-order valence-corrected chi connectivity index (χ0v) is 24.0. The maximum Gasteiger partial charge on any atom is 0.347 e. The molecule has 6 unspecified atom stereocenters. The first-order valence-corrected chi connectivity index (χ1v) is 14.2. The fraction of sp³-hybridized carbons (Fsp3) is 0.588. The second-order valence-corrected chi connectivity index (χ2v) is 11.4. The quantitative estimate of drug-likeness (QED) is 0.131. The Morgan fingerprint density at radius 2 is 2.16 bits per heavy atom. The molecule has 0 saturated heterocycles. The van der Waals surface area contributed by atoms with Crippen molar-refractivity contribution in [3.8, 4) is 18.4 Å². The van der Waals surface area contributed by atoms with Crippen LogP contribution in [0.15, 0.2) is 65.6 Å². The molecule has 3 N–H and O–H groups in total. The fourth-order valence-corrected chi connectivity index (χ4v) is 6.15. The second-order valence-electron chi connectivity index (χ2n) is 11.4. The molecule has 37 heavy (non-hydrogen) atoms. The van der Waals surface area contributed by atoms with E-state index in [0.29, 0.717) is 17.8 Å². The van der Waals surface area contributed by atoms with E-state index in [1.165, 1.54) is 30.2 Å². The van der Waals surface area contributed by atoms with Gasteiger partial charge in [-0.3, -0.25) is 0 Å². The van der Waals surface area contributed by atoms with E-state index in [0.717, 1.165) is 44.9 Å². The number of nitrogens with two attached hydrogens (primary N) is 1. The van der Waals surface area contributed by atoms with Crippen molar-refractivity contribution in [2.45, 2.75) is 97.6 Å². The van der Waals surface area contributed by atoms with E-state index >= 15 is 0 Å². The summed E-state index contributed by atoms with van der Waals surface area (Å²) in [6.07, 6.45) is 26.6. The summed E-state index contributed by atoms with van der Waals surface area (Å²) in [5.74, 6) is 9.01. The lowest BCUT2D eigenvalue weighted by atomic mass is 9.58. The SMILES string of the molecule is C#[N+]C=C=CC=C(C)CCC=CCC(C)C1CCC(N)CC1(C)C(C#CCCC1=CC=CC(C)C1)NC. The van der Waals surface area contributed by atoms with Gasteiger partial charge in [-0.15, -0.1) is 5.92 Å². The average Bonchev–Trinajstić information content (AvgIpc) is 2.86. The normalized spacial score (nSPS) is 27.3. The lowest BCUT2D eigenvalue weighted by Crippen LogP contribution is -2.53. The van der Waals surface area contributed by atoms with Crippen molar-refractivity contribution in [3.05, 3.63) is 70.5 Å². The summed E-state index contributed by atoms with van der Waals surface area (Å²) in [5.41, 5.74) is 12.4. The van der Waals surface area contributed by atoms with Crippen LogP contribution in [0.25, 0.3) is 4.85 Å². The van der Waals surface area contributed by atoms with Crippen molar-refractivity contribution in [2.24, 2.45) is 28.9 Å². The molecule has 0 aromatic rings. The van der Waals surface area contributed by atoms with E-state index in [4.69, 9.17) is 12.3 Å². The van der Waals surface area contributed by atoms with Gasteiger partial charge in [0.05, 0.1) is 6.04 Å². The number of allylic oxidation sites excluding steroid dienone is 9. The van der Waals surface area contributed by atoms with Crippen molar-refractivity contribution < 1.29 is 0 Å². The van der Waals surface area contributed by atoms with Crippen LogP contribution in [0.5, 0.6) is 0 Å². The summed E-state index contributed by atoms with van der Waals surface area (Å²) >= 11 is 0. The first-order chi connectivity index (χ1) is 17.8. The Labute approximate surface area is 227 Å². The van der Waals surface area contributed by atoms with Crippen molar-refractivity contribution in [1.29, 1.82) is 0 Å². The summed E-state index contributed by atoms with van der Waals surface area (Å²) < 4.78 is 0. The first kappa shape index (κ1) is 30.7. The molecule has 0 aliphatic heterocycles. The largest absolute Gasteiger partial charge is 0.347 e. The van der Waals surface area contributed by atoms with Crippen molar-refractivity contribution in [2.75, 3.05) is 7.05 Å². The molecular weight excluding hydrogens is 450 g/mol. The van der Waals surface area contributed by atoms with Gasteiger partial charge < -0.3 is 11.1 Å². The zero-order chi connectivity index (χ0) is 27.1. The molecule has 0 aromatic heterocycles. The van der Waals surface area contributed by atoms with E-state index in [1.54, 1.807) is 0 Å². The van der Waals surface area contributed by atoms with E-state index in [9.17, 15) is 0 Å². The summed E-state index contributed by atoms with van der Waals surface area (Å²) in [7, 11) is 2.06. The number of nitrogens with zero attached hydrogens (tertiary/aromatic N) is 1. The molecule has 2 aliphatic carbocycles. The van der Waals surface area contributed by atoms with Crippen LogP contribution in [0.4, 0.5) is 0 Å². The highest BCUT2D eigenvalue weighted by atomic mass is 14.9. The molecule has 6 atom stereocenters. The summed E-state index contributed by atoms with van der Waals surface area (Å²) in [5, 5.41) is 3.57. The van der Waals surface area contributed by atoms with Gasteiger partial charge in [0.15, 0.2) is 0 Å². The Morgan fingerprint density at radius 1 is 1.35 bits per heavy atom. The molecule has 200 valence electrons. The molecule has 2 rings (SSSR count). The highest BCUT2D eigenvalue weighted by Crippen LogP contribution is 2.47. The first-order valence-electron chi connectivity index (χ1n) is 14.2. The predicted octanol–water partition coefficient (Wildman–Crippen LogP) is 7.95. The van der Waals surface area contributed by atoms with Crippen LogP contribution in [0.2, 0.25) is 0 Å². The standard InChI is InChI=1S/C34H50N3/c1-27(16-12-13-24-36-5)15-8-7-9-18-29(3)32-23-22-31(35)26-34(32,4)33(37-6)21-11-10-19-30-20-14-17-28(2)25-30/h5,7,9,12,14,16-17,20,24,28-29,31-33,37H,8,10,15,18-19,22-23,25-26,35H2,1-4,6H3/q+1. The monoisotopic (exact) mass is 500 g/mol. The third-order valence-electron chi connectivity index (χ3n) is 8.20. The average molecular weight is 501 g/mol. The molecule has 0 spiro atoms. The van der Waals surface area contributed by atoms with Gasteiger partial charge in [0.1, 0.15) is 0 Å². The van der Waals surface area contributed by atoms with Crippen LogP contribution < -0.4 is 11.1 Å². The smallest absolute Gasteiger partial charge is 0.328 e. The Bertz CT molecular complexity index is 1000. The Hall–Kier alpha value is -2.55. The Morgan fingerprint density at radius 3 is 2.89 bits per heavy atom. The minimum absolute atomic E-state index is 0.0724. The van der Waals surface area contributed by atoms with Crippen LogP contribution in [0.1, 0.15) is 85.5 Å². The van der Waals surface area contributed by atoms with Crippen LogP contribution in [-0.2, 0) is 0 Å². The zero-order valence-electron chi connectivity index (χ0n) is 24.0. The van der Waals surface area contributed by atoms with Gasteiger partial charge in [-0.2, -0.15) is 0 Å². The molecule has 2 aliphatic rings. The van der Waals surface area contributed by atoms with Gasteiger partial charge in [0.25, 0.3) is 6.57 Å². The summed E-state index contributed by atoms with van der Waals surface area (Å²) in [6, 6.07) is 0.427. The van der Waals surface area contributed by atoms with Gasteiger partial charge in [0.2, 0.25) is 0 Å². The molecule has 3 nitrogen and oxygen atoms in total. The topological polar surface area (TPSA) is 42.4 Å². The van der Waals surface area contributed by atoms with Crippen LogP contribution >= 0.6 is 0 Å². The summed E-state index contributed by atoms with van der Waals surface area (Å²) in [6.45, 7) is 14.4. The Kier molecular flexibility index (Phi) is 13.5. The highest BCUT2D eigenvalue weighted by molar-refractivity contribution is 5.22. The third kappa shape index (κ3) is 10.4. The molecular formula is C34H50N3+. The van der Waals surface area contributed by atoms with E-state index in [2.05, 4.69) is 98.9 Å². The molecule has 0 bridgehead atoms. The van der Waals surface area contributed by atoms with E-state index in [-0.39, 0.29) is 17.5 Å². The molecule has 1 saturated carbocycles. The third-order valence-corrected chi connectivity index (χ3v) is 8.20. The van der Waals surface area contributed by atoms with Crippen LogP contribution in [-0.4, -0.2) is 19.1 Å². The molecule has 0 amide bonds. The lowest BCUT2D eigenvalue weighted by molar-refractivity contribution is 0.0420. The summed E-state index contributed by atoms with van der Waals surface area (Å²) in [4.78, 5) is 3.41. The number of hydrogen-bond acceptors (Lipinski definition) is 2. The minimum atomic E-state index is 0.0724. The molecule has 0 heterocycles. The number of hydrogen-bond donors (Lipinski definition) is 2. The van der Waals surface area contributed by atoms with Gasteiger partial charge in [-0.05, 0) is 105 Å².